The van der Waals surface area contributed by atoms with E-state index in [9.17, 15) is 14.4 Å². The number of benzene rings is 1. The number of ether oxygens (including phenoxy) is 2. The van der Waals surface area contributed by atoms with Gasteiger partial charge in [0.2, 0.25) is 5.91 Å². The zero-order chi connectivity index (χ0) is 24.0. The molecule has 0 radical (unpaired) electrons. The summed E-state index contributed by atoms with van der Waals surface area (Å²) >= 11 is 0. The molecule has 1 aromatic carbocycles. The molecule has 1 atom stereocenters. The van der Waals surface area contributed by atoms with Crippen LogP contribution < -0.4 is 10.1 Å². The quantitative estimate of drug-likeness (QED) is 0.685. The van der Waals surface area contributed by atoms with E-state index in [1.54, 1.807) is 65.7 Å². The summed E-state index contributed by atoms with van der Waals surface area (Å²) in [6, 6.07) is 6.34. The van der Waals surface area contributed by atoms with Crippen molar-refractivity contribution in [3.63, 3.8) is 0 Å². The second-order valence-corrected chi connectivity index (χ2v) is 7.71. The number of carbonyl (C=O) groups is 3. The van der Waals surface area contributed by atoms with Gasteiger partial charge in [0.05, 0.1) is 24.6 Å². The molecule has 1 N–H and O–H groups in total. The highest BCUT2D eigenvalue weighted by molar-refractivity contribution is 6.04. The van der Waals surface area contributed by atoms with Gasteiger partial charge in [-0.3, -0.25) is 14.3 Å². The van der Waals surface area contributed by atoms with Crippen LogP contribution in [0.5, 0.6) is 5.75 Å². The Morgan fingerprint density at radius 1 is 1.03 bits per heavy atom. The van der Waals surface area contributed by atoms with Crippen molar-refractivity contribution >= 4 is 23.6 Å². The number of aromatic nitrogens is 2. The number of hydrogen-bond acceptors (Lipinski definition) is 6. The zero-order valence-electron chi connectivity index (χ0n) is 19.5. The van der Waals surface area contributed by atoms with E-state index in [-0.39, 0.29) is 17.9 Å². The predicted molar refractivity (Wildman–Crippen MR) is 122 cm³/mol. The molecule has 1 saturated heterocycles. The normalized spacial score (nSPS) is 14.5. The van der Waals surface area contributed by atoms with Gasteiger partial charge in [0.25, 0.3) is 5.91 Å². The minimum absolute atomic E-state index is 0.0922. The Kier molecular flexibility index (Phi) is 7.92. The number of amides is 3. The fraction of sp³-hybridized carbons (Fsp3) is 0.478. The van der Waals surface area contributed by atoms with Crippen molar-refractivity contribution in [3.05, 3.63) is 41.7 Å². The molecule has 33 heavy (non-hydrogen) atoms. The Hall–Kier alpha value is -3.56. The fourth-order valence-electron chi connectivity index (χ4n) is 3.57. The third kappa shape index (κ3) is 5.82. The van der Waals surface area contributed by atoms with Crippen LogP contribution in [0.25, 0.3) is 0 Å². The summed E-state index contributed by atoms with van der Waals surface area (Å²) in [6.45, 7) is 9.82. The third-order valence-electron chi connectivity index (χ3n) is 5.46. The van der Waals surface area contributed by atoms with E-state index in [0.717, 1.165) is 0 Å². The van der Waals surface area contributed by atoms with Crippen molar-refractivity contribution < 1.29 is 23.9 Å². The number of rotatable bonds is 7. The van der Waals surface area contributed by atoms with Crippen molar-refractivity contribution in [1.82, 2.24) is 19.6 Å². The van der Waals surface area contributed by atoms with Gasteiger partial charge in [-0.25, -0.2) is 4.79 Å². The summed E-state index contributed by atoms with van der Waals surface area (Å²) < 4.78 is 12.0. The lowest BCUT2D eigenvalue weighted by Gasteiger charge is -2.35. The zero-order valence-corrected chi connectivity index (χ0v) is 19.5. The molecule has 2 heterocycles. The summed E-state index contributed by atoms with van der Waals surface area (Å²) in [5, 5.41) is 7.28. The maximum Gasteiger partial charge on any atom is 0.409 e. The number of anilines is 1. The highest BCUT2D eigenvalue weighted by Gasteiger charge is 2.29. The van der Waals surface area contributed by atoms with Crippen LogP contribution in [0, 0.1) is 6.92 Å². The molecule has 3 rings (SSSR count). The van der Waals surface area contributed by atoms with Gasteiger partial charge in [-0.05, 0) is 52.0 Å². The number of carbonyl (C=O) groups excluding carboxylic acids is 3. The number of nitrogens with one attached hydrogen (secondary N) is 1. The van der Waals surface area contributed by atoms with Crippen LogP contribution in [0.15, 0.2) is 30.5 Å². The van der Waals surface area contributed by atoms with Gasteiger partial charge in [0, 0.05) is 37.9 Å². The van der Waals surface area contributed by atoms with Crippen LogP contribution in [-0.2, 0) is 9.53 Å². The van der Waals surface area contributed by atoms with Crippen molar-refractivity contribution in [2.45, 2.75) is 33.7 Å². The molecular formula is C23H31N5O5. The fourth-order valence-corrected chi connectivity index (χ4v) is 3.57. The Morgan fingerprint density at radius 2 is 1.67 bits per heavy atom. The van der Waals surface area contributed by atoms with Crippen LogP contribution in [0.3, 0.4) is 0 Å². The Morgan fingerprint density at radius 3 is 2.27 bits per heavy atom. The lowest BCUT2D eigenvalue weighted by Crippen LogP contribution is -2.52. The van der Waals surface area contributed by atoms with Crippen LogP contribution in [0.4, 0.5) is 10.5 Å². The molecule has 10 heteroatoms. The summed E-state index contributed by atoms with van der Waals surface area (Å²) in [5.41, 5.74) is 1.65. The molecule has 1 aliphatic rings. The summed E-state index contributed by atoms with van der Waals surface area (Å²) in [7, 11) is 0. The highest BCUT2D eigenvalue weighted by Crippen LogP contribution is 2.20. The van der Waals surface area contributed by atoms with Crippen molar-refractivity contribution in [2.75, 3.05) is 44.7 Å². The standard InChI is InChI=1S/C23H31N5O5/c1-5-32-19-9-7-18(8-10-19)21(29)24-20-15-28(25-16(20)3)17(4)22(30)26-11-13-27(14-12-26)23(31)33-6-2/h7-10,15,17H,5-6,11-14H2,1-4H3,(H,24,29). The highest BCUT2D eigenvalue weighted by atomic mass is 16.6. The Labute approximate surface area is 193 Å². The van der Waals surface area contributed by atoms with Gasteiger partial charge < -0.3 is 24.6 Å². The van der Waals surface area contributed by atoms with E-state index >= 15 is 0 Å². The maximum atomic E-state index is 13.0. The summed E-state index contributed by atoms with van der Waals surface area (Å²) in [4.78, 5) is 40.8. The first kappa shape index (κ1) is 24.1. The first-order chi connectivity index (χ1) is 15.8. The van der Waals surface area contributed by atoms with E-state index in [4.69, 9.17) is 9.47 Å². The molecule has 10 nitrogen and oxygen atoms in total. The number of nitrogens with zero attached hydrogens (tertiary/aromatic N) is 4. The number of piperazine rings is 1. The van der Waals surface area contributed by atoms with Crippen LogP contribution >= 0.6 is 0 Å². The van der Waals surface area contributed by atoms with Gasteiger partial charge in [0.1, 0.15) is 11.8 Å². The Balaban J connectivity index is 1.60. The largest absolute Gasteiger partial charge is 0.494 e. The third-order valence-corrected chi connectivity index (χ3v) is 5.46. The number of hydrogen-bond donors (Lipinski definition) is 1. The molecular weight excluding hydrogens is 426 g/mol. The van der Waals surface area contributed by atoms with Gasteiger partial charge in [0.15, 0.2) is 0 Å². The molecule has 0 aliphatic carbocycles. The molecule has 0 bridgehead atoms. The minimum atomic E-state index is -0.547. The van der Waals surface area contributed by atoms with Crippen molar-refractivity contribution in [1.29, 1.82) is 0 Å². The molecule has 0 saturated carbocycles. The topological polar surface area (TPSA) is 106 Å². The van der Waals surface area contributed by atoms with Crippen LogP contribution in [-0.4, -0.2) is 76.9 Å². The minimum Gasteiger partial charge on any atom is -0.494 e. The lowest BCUT2D eigenvalue weighted by molar-refractivity contribution is -0.136. The summed E-state index contributed by atoms with van der Waals surface area (Å²) in [6.07, 6.45) is 1.31. The average Bonchev–Trinajstić information content (AvgIpc) is 3.19. The molecule has 3 amide bonds. The Bertz CT molecular complexity index is 980. The van der Waals surface area contributed by atoms with E-state index in [0.29, 0.717) is 62.1 Å². The van der Waals surface area contributed by atoms with E-state index < -0.39 is 6.04 Å². The lowest BCUT2D eigenvalue weighted by atomic mass is 10.2. The molecule has 178 valence electrons. The van der Waals surface area contributed by atoms with Gasteiger partial charge in [-0.1, -0.05) is 0 Å². The van der Waals surface area contributed by atoms with Crippen molar-refractivity contribution in [2.24, 2.45) is 0 Å². The first-order valence-electron chi connectivity index (χ1n) is 11.1. The smallest absolute Gasteiger partial charge is 0.409 e. The number of aryl methyl sites for hydroxylation is 1. The first-order valence-corrected chi connectivity index (χ1v) is 11.1. The predicted octanol–water partition coefficient (Wildman–Crippen LogP) is 2.70. The SMILES string of the molecule is CCOC(=O)N1CCN(C(=O)C(C)n2cc(NC(=O)c3ccc(OCC)cc3)c(C)n2)CC1. The molecule has 2 aromatic rings. The van der Waals surface area contributed by atoms with Gasteiger partial charge >= 0.3 is 6.09 Å². The molecule has 1 unspecified atom stereocenters. The van der Waals surface area contributed by atoms with E-state index in [1.165, 1.54) is 0 Å². The maximum absolute atomic E-state index is 13.0. The summed E-state index contributed by atoms with van der Waals surface area (Å²) in [5.74, 6) is 0.341. The second-order valence-electron chi connectivity index (χ2n) is 7.71. The molecule has 1 fully saturated rings. The van der Waals surface area contributed by atoms with Crippen molar-refractivity contribution in [3.8, 4) is 5.75 Å². The van der Waals surface area contributed by atoms with Crippen LogP contribution in [0.1, 0.15) is 42.9 Å². The van der Waals surface area contributed by atoms with E-state index in [1.807, 2.05) is 6.92 Å². The van der Waals surface area contributed by atoms with Gasteiger partial charge in [-0.2, -0.15) is 5.10 Å². The molecule has 1 aromatic heterocycles. The monoisotopic (exact) mass is 457 g/mol. The van der Waals surface area contributed by atoms with Gasteiger partial charge in [-0.15, -0.1) is 0 Å². The van der Waals surface area contributed by atoms with Crippen LogP contribution in [0.2, 0.25) is 0 Å². The molecule has 1 aliphatic heterocycles. The second kappa shape index (κ2) is 10.8. The molecule has 0 spiro atoms. The van der Waals surface area contributed by atoms with E-state index in [2.05, 4.69) is 10.4 Å². The average molecular weight is 458 g/mol.